The van der Waals surface area contributed by atoms with Crippen LogP contribution in [0.4, 0.5) is 0 Å². The van der Waals surface area contributed by atoms with Crippen LogP contribution in [0.1, 0.15) is 34.8 Å². The quantitative estimate of drug-likeness (QED) is 0.775. The zero-order valence-electron chi connectivity index (χ0n) is 11.5. The number of hydrogen-bond donors (Lipinski definition) is 0. The monoisotopic (exact) mass is 258 g/mol. The number of methoxy groups -OCH3 is 1. The molecular formula is C15H18N2O2. The number of nitrogens with zero attached hydrogens (tertiary/aromatic N) is 2. The second kappa shape index (κ2) is 5.69. The van der Waals surface area contributed by atoms with Crippen LogP contribution in [0.25, 0.3) is 0 Å². The third kappa shape index (κ3) is 2.84. The van der Waals surface area contributed by atoms with Crippen molar-refractivity contribution in [1.29, 1.82) is 0 Å². The molecule has 1 aromatic carbocycles. The Bertz CT molecular complexity index is 588. The van der Waals surface area contributed by atoms with Gasteiger partial charge >= 0.3 is 0 Å². The molecule has 100 valence electrons. The summed E-state index contributed by atoms with van der Waals surface area (Å²) in [6.45, 7) is 4.86. The second-order valence-corrected chi connectivity index (χ2v) is 4.52. The van der Waals surface area contributed by atoms with Gasteiger partial charge < -0.3 is 4.74 Å². The summed E-state index contributed by atoms with van der Waals surface area (Å²) in [7, 11) is 1.58. The lowest BCUT2D eigenvalue weighted by molar-refractivity contribution is 0.103. The molecule has 1 aromatic heterocycles. The third-order valence-electron chi connectivity index (χ3n) is 2.95. The van der Waals surface area contributed by atoms with E-state index >= 15 is 0 Å². The number of ether oxygens (including phenoxy) is 1. The standard InChI is InChI=1S/C15H18N2O2/c1-4-7-17-10-12(9-16-17)15(18)13-6-5-11(2)8-14(13)19-3/h5-6,8-10H,4,7H2,1-3H3. The maximum absolute atomic E-state index is 12.4. The van der Waals surface area contributed by atoms with Gasteiger partial charge in [-0.25, -0.2) is 0 Å². The summed E-state index contributed by atoms with van der Waals surface area (Å²) in [6, 6.07) is 5.57. The van der Waals surface area contributed by atoms with E-state index in [1.807, 2.05) is 19.1 Å². The lowest BCUT2D eigenvalue weighted by Gasteiger charge is -2.07. The molecule has 4 heteroatoms. The van der Waals surface area contributed by atoms with E-state index < -0.39 is 0 Å². The van der Waals surface area contributed by atoms with Gasteiger partial charge in [0, 0.05) is 12.7 Å². The molecule has 0 spiro atoms. The van der Waals surface area contributed by atoms with E-state index in [9.17, 15) is 4.79 Å². The van der Waals surface area contributed by atoms with Gasteiger partial charge in [-0.15, -0.1) is 0 Å². The average molecular weight is 258 g/mol. The predicted molar refractivity (Wildman–Crippen MR) is 73.7 cm³/mol. The first kappa shape index (κ1) is 13.3. The van der Waals surface area contributed by atoms with E-state index in [0.29, 0.717) is 16.9 Å². The van der Waals surface area contributed by atoms with Gasteiger partial charge in [-0.2, -0.15) is 5.10 Å². The Kier molecular flexibility index (Phi) is 4.00. The molecule has 0 aliphatic carbocycles. The van der Waals surface area contributed by atoms with Crippen molar-refractivity contribution in [3.8, 4) is 5.75 Å². The van der Waals surface area contributed by atoms with Crippen LogP contribution >= 0.6 is 0 Å². The Morgan fingerprint density at radius 3 is 2.89 bits per heavy atom. The molecule has 0 atom stereocenters. The fourth-order valence-corrected chi connectivity index (χ4v) is 1.97. The van der Waals surface area contributed by atoms with Crippen LogP contribution in [0.3, 0.4) is 0 Å². The summed E-state index contributed by atoms with van der Waals surface area (Å²) in [5.74, 6) is 0.549. The van der Waals surface area contributed by atoms with Gasteiger partial charge in [0.05, 0.1) is 24.4 Å². The summed E-state index contributed by atoms with van der Waals surface area (Å²) in [4.78, 5) is 12.4. The van der Waals surface area contributed by atoms with Crippen molar-refractivity contribution in [2.24, 2.45) is 0 Å². The number of benzene rings is 1. The van der Waals surface area contributed by atoms with Crippen molar-refractivity contribution in [2.75, 3.05) is 7.11 Å². The lowest BCUT2D eigenvalue weighted by atomic mass is 10.0. The van der Waals surface area contributed by atoms with Crippen molar-refractivity contribution in [3.63, 3.8) is 0 Å². The highest BCUT2D eigenvalue weighted by Crippen LogP contribution is 2.22. The Hall–Kier alpha value is -2.10. The predicted octanol–water partition coefficient (Wildman–Crippen LogP) is 2.84. The molecule has 2 rings (SSSR count). The molecule has 0 bridgehead atoms. The molecule has 2 aromatic rings. The summed E-state index contributed by atoms with van der Waals surface area (Å²) < 4.78 is 7.06. The minimum absolute atomic E-state index is 0.0563. The molecule has 0 amide bonds. The number of carbonyl (C=O) groups is 1. The van der Waals surface area contributed by atoms with E-state index in [1.165, 1.54) is 0 Å². The molecule has 0 aliphatic heterocycles. The summed E-state index contributed by atoms with van der Waals surface area (Å²) in [5.41, 5.74) is 2.23. The van der Waals surface area contributed by atoms with E-state index in [-0.39, 0.29) is 5.78 Å². The summed E-state index contributed by atoms with van der Waals surface area (Å²) >= 11 is 0. The molecule has 0 radical (unpaired) electrons. The molecule has 4 nitrogen and oxygen atoms in total. The minimum atomic E-state index is -0.0563. The van der Waals surface area contributed by atoms with E-state index in [2.05, 4.69) is 12.0 Å². The van der Waals surface area contributed by atoms with Crippen LogP contribution in [0.15, 0.2) is 30.6 Å². The molecule has 0 N–H and O–H groups in total. The molecule has 0 unspecified atom stereocenters. The van der Waals surface area contributed by atoms with Gasteiger partial charge in [0.25, 0.3) is 0 Å². The van der Waals surface area contributed by atoms with Crippen molar-refractivity contribution in [2.45, 2.75) is 26.8 Å². The first-order valence-corrected chi connectivity index (χ1v) is 6.37. The molecule has 0 fully saturated rings. The Morgan fingerprint density at radius 2 is 2.21 bits per heavy atom. The Morgan fingerprint density at radius 1 is 1.42 bits per heavy atom. The highest BCUT2D eigenvalue weighted by atomic mass is 16.5. The van der Waals surface area contributed by atoms with Crippen LogP contribution < -0.4 is 4.74 Å². The maximum atomic E-state index is 12.4. The fraction of sp³-hybridized carbons (Fsp3) is 0.333. The Balaban J connectivity index is 2.32. The first-order chi connectivity index (χ1) is 9.15. The van der Waals surface area contributed by atoms with E-state index in [4.69, 9.17) is 4.74 Å². The zero-order valence-corrected chi connectivity index (χ0v) is 11.5. The summed E-state index contributed by atoms with van der Waals surface area (Å²) in [6.07, 6.45) is 4.38. The molecule has 1 heterocycles. The average Bonchev–Trinajstić information content (AvgIpc) is 2.87. The maximum Gasteiger partial charge on any atom is 0.199 e. The molecular weight excluding hydrogens is 240 g/mol. The first-order valence-electron chi connectivity index (χ1n) is 6.37. The number of ketones is 1. The van der Waals surface area contributed by atoms with Crippen LogP contribution in [-0.4, -0.2) is 22.7 Å². The molecule has 0 saturated carbocycles. The number of carbonyl (C=O) groups excluding carboxylic acids is 1. The highest BCUT2D eigenvalue weighted by molar-refractivity contribution is 6.10. The van der Waals surface area contributed by atoms with Gasteiger partial charge in [-0.05, 0) is 31.0 Å². The molecule has 0 saturated heterocycles. The number of aryl methyl sites for hydroxylation is 2. The lowest BCUT2D eigenvalue weighted by Crippen LogP contribution is -2.03. The van der Waals surface area contributed by atoms with Gasteiger partial charge in [-0.1, -0.05) is 13.0 Å². The molecule has 19 heavy (non-hydrogen) atoms. The van der Waals surface area contributed by atoms with Gasteiger partial charge in [-0.3, -0.25) is 9.48 Å². The van der Waals surface area contributed by atoms with Crippen LogP contribution in [0.5, 0.6) is 5.75 Å². The van der Waals surface area contributed by atoms with Crippen LogP contribution in [0.2, 0.25) is 0 Å². The van der Waals surface area contributed by atoms with Crippen LogP contribution in [0, 0.1) is 6.92 Å². The van der Waals surface area contributed by atoms with Gasteiger partial charge in [0.15, 0.2) is 5.78 Å². The third-order valence-corrected chi connectivity index (χ3v) is 2.95. The smallest absolute Gasteiger partial charge is 0.199 e. The second-order valence-electron chi connectivity index (χ2n) is 4.52. The number of rotatable bonds is 5. The van der Waals surface area contributed by atoms with Crippen molar-refractivity contribution in [3.05, 3.63) is 47.3 Å². The summed E-state index contributed by atoms with van der Waals surface area (Å²) in [5, 5.41) is 4.18. The largest absolute Gasteiger partial charge is 0.496 e. The number of aromatic nitrogens is 2. The van der Waals surface area contributed by atoms with Crippen molar-refractivity contribution >= 4 is 5.78 Å². The normalized spacial score (nSPS) is 10.5. The van der Waals surface area contributed by atoms with Crippen LogP contribution in [-0.2, 0) is 6.54 Å². The fourth-order valence-electron chi connectivity index (χ4n) is 1.97. The SMILES string of the molecule is CCCn1cc(C(=O)c2ccc(C)cc2OC)cn1. The topological polar surface area (TPSA) is 44.1 Å². The number of hydrogen-bond acceptors (Lipinski definition) is 3. The van der Waals surface area contributed by atoms with Gasteiger partial charge in [0.1, 0.15) is 5.75 Å². The minimum Gasteiger partial charge on any atom is -0.496 e. The van der Waals surface area contributed by atoms with Gasteiger partial charge in [0.2, 0.25) is 0 Å². The Labute approximate surface area is 113 Å². The van der Waals surface area contributed by atoms with E-state index in [0.717, 1.165) is 18.5 Å². The molecule has 0 aliphatic rings. The van der Waals surface area contributed by atoms with Crippen molar-refractivity contribution < 1.29 is 9.53 Å². The van der Waals surface area contributed by atoms with Crippen molar-refractivity contribution in [1.82, 2.24) is 9.78 Å². The highest BCUT2D eigenvalue weighted by Gasteiger charge is 2.16. The zero-order chi connectivity index (χ0) is 13.8. The van der Waals surface area contributed by atoms with E-state index in [1.54, 1.807) is 30.3 Å².